The van der Waals surface area contributed by atoms with Crippen molar-refractivity contribution in [2.45, 2.75) is 20.8 Å². The standard InChI is InChI=1S/C10H16FNO/c1-6-12-10(13-5)9(11)8(4)7(2)3/h2,6H2,1,3-5H3/b9-8-,12-10?. The van der Waals surface area contributed by atoms with Gasteiger partial charge in [0.05, 0.1) is 7.11 Å². The average molecular weight is 185 g/mol. The van der Waals surface area contributed by atoms with Gasteiger partial charge in [0.25, 0.3) is 0 Å². The summed E-state index contributed by atoms with van der Waals surface area (Å²) in [5.74, 6) is -0.389. The van der Waals surface area contributed by atoms with Crippen molar-refractivity contribution in [1.82, 2.24) is 0 Å². The summed E-state index contributed by atoms with van der Waals surface area (Å²) in [4.78, 5) is 3.87. The van der Waals surface area contributed by atoms with E-state index in [1.165, 1.54) is 7.11 Å². The summed E-state index contributed by atoms with van der Waals surface area (Å²) < 4.78 is 18.3. The number of rotatable bonds is 3. The van der Waals surface area contributed by atoms with Gasteiger partial charge in [-0.2, -0.15) is 0 Å². The van der Waals surface area contributed by atoms with Gasteiger partial charge in [0.1, 0.15) is 0 Å². The van der Waals surface area contributed by atoms with Crippen molar-refractivity contribution >= 4 is 5.90 Å². The highest BCUT2D eigenvalue weighted by atomic mass is 19.1. The van der Waals surface area contributed by atoms with Crippen LogP contribution in [-0.4, -0.2) is 19.6 Å². The third-order valence-corrected chi connectivity index (χ3v) is 1.65. The monoisotopic (exact) mass is 185 g/mol. The fraction of sp³-hybridized carbons (Fsp3) is 0.500. The lowest BCUT2D eigenvalue weighted by Gasteiger charge is -2.05. The number of halogens is 1. The molecule has 0 aliphatic rings. The van der Waals surface area contributed by atoms with Crippen molar-refractivity contribution in [2.75, 3.05) is 13.7 Å². The molecule has 0 radical (unpaired) electrons. The maximum atomic E-state index is 13.5. The molecular weight excluding hydrogens is 169 g/mol. The number of hydrogen-bond donors (Lipinski definition) is 0. The van der Waals surface area contributed by atoms with Gasteiger partial charge in [-0.25, -0.2) is 9.38 Å². The summed E-state index contributed by atoms with van der Waals surface area (Å²) >= 11 is 0. The van der Waals surface area contributed by atoms with Gasteiger partial charge in [-0.3, -0.25) is 0 Å². The Hall–Kier alpha value is -1.12. The zero-order valence-corrected chi connectivity index (χ0v) is 8.65. The van der Waals surface area contributed by atoms with Crippen molar-refractivity contribution in [2.24, 2.45) is 4.99 Å². The second-order valence-electron chi connectivity index (χ2n) is 2.70. The van der Waals surface area contributed by atoms with Crippen LogP contribution in [0.4, 0.5) is 4.39 Å². The van der Waals surface area contributed by atoms with Crippen molar-refractivity contribution < 1.29 is 9.13 Å². The Morgan fingerprint density at radius 2 is 2.00 bits per heavy atom. The lowest BCUT2D eigenvalue weighted by Crippen LogP contribution is -2.05. The van der Waals surface area contributed by atoms with Crippen LogP contribution in [0.5, 0.6) is 0 Å². The van der Waals surface area contributed by atoms with Gasteiger partial charge in [0.15, 0.2) is 5.83 Å². The average Bonchev–Trinajstić information content (AvgIpc) is 2.11. The first kappa shape index (κ1) is 11.9. The van der Waals surface area contributed by atoms with E-state index in [1.807, 2.05) is 6.92 Å². The Labute approximate surface area is 78.8 Å². The van der Waals surface area contributed by atoms with Crippen LogP contribution in [0.3, 0.4) is 0 Å². The number of allylic oxidation sites excluding steroid dienone is 2. The summed E-state index contributed by atoms with van der Waals surface area (Å²) in [6.07, 6.45) is 0. The minimum Gasteiger partial charge on any atom is -0.479 e. The summed E-state index contributed by atoms with van der Waals surface area (Å²) in [7, 11) is 1.40. The Morgan fingerprint density at radius 3 is 2.31 bits per heavy atom. The third kappa shape index (κ3) is 3.40. The van der Waals surface area contributed by atoms with Gasteiger partial charge in [-0.1, -0.05) is 12.2 Å². The quantitative estimate of drug-likeness (QED) is 0.376. The van der Waals surface area contributed by atoms with Crippen LogP contribution >= 0.6 is 0 Å². The molecule has 0 spiro atoms. The second kappa shape index (κ2) is 5.51. The summed E-state index contributed by atoms with van der Waals surface area (Å²) in [5, 5.41) is 0. The van der Waals surface area contributed by atoms with Crippen molar-refractivity contribution in [3.63, 3.8) is 0 Å². The molecule has 0 rings (SSSR count). The molecule has 74 valence electrons. The highest BCUT2D eigenvalue weighted by Crippen LogP contribution is 2.15. The molecule has 0 aromatic carbocycles. The van der Waals surface area contributed by atoms with E-state index in [9.17, 15) is 4.39 Å². The smallest absolute Gasteiger partial charge is 0.245 e. The molecule has 0 saturated heterocycles. The Bertz CT molecular complexity index is 254. The van der Waals surface area contributed by atoms with Crippen LogP contribution in [0, 0.1) is 0 Å². The van der Waals surface area contributed by atoms with Crippen molar-refractivity contribution in [3.8, 4) is 0 Å². The number of nitrogens with zero attached hydrogens (tertiary/aromatic N) is 1. The van der Waals surface area contributed by atoms with Gasteiger partial charge in [0, 0.05) is 6.54 Å². The molecule has 0 saturated carbocycles. The predicted octanol–water partition coefficient (Wildman–Crippen LogP) is 2.87. The largest absolute Gasteiger partial charge is 0.479 e. The van der Waals surface area contributed by atoms with E-state index >= 15 is 0 Å². The Balaban J connectivity index is 4.93. The van der Waals surface area contributed by atoms with Crippen LogP contribution in [0.25, 0.3) is 0 Å². The van der Waals surface area contributed by atoms with Crippen LogP contribution in [-0.2, 0) is 4.74 Å². The van der Waals surface area contributed by atoms with E-state index in [0.717, 1.165) is 0 Å². The first-order valence-electron chi connectivity index (χ1n) is 4.15. The number of hydrogen-bond acceptors (Lipinski definition) is 2. The van der Waals surface area contributed by atoms with Crippen LogP contribution in [0.1, 0.15) is 20.8 Å². The normalized spacial score (nSPS) is 13.8. The SMILES string of the molecule is C=C(C)/C(C)=C(\F)C(=NCC)OC. The van der Waals surface area contributed by atoms with Gasteiger partial charge >= 0.3 is 0 Å². The van der Waals surface area contributed by atoms with E-state index in [-0.39, 0.29) is 5.90 Å². The molecule has 0 bridgehead atoms. The molecule has 0 amide bonds. The zero-order chi connectivity index (χ0) is 10.4. The maximum absolute atomic E-state index is 13.5. The second-order valence-corrected chi connectivity index (χ2v) is 2.70. The molecule has 0 N–H and O–H groups in total. The first-order valence-corrected chi connectivity index (χ1v) is 4.15. The summed E-state index contributed by atoms with van der Waals surface area (Å²) in [5.41, 5.74) is 1.16. The molecule has 0 aromatic rings. The van der Waals surface area contributed by atoms with Crippen LogP contribution in [0.15, 0.2) is 28.5 Å². The van der Waals surface area contributed by atoms with E-state index < -0.39 is 5.83 Å². The van der Waals surface area contributed by atoms with E-state index in [1.54, 1.807) is 13.8 Å². The summed E-state index contributed by atoms with van der Waals surface area (Å²) in [6.45, 7) is 9.37. The van der Waals surface area contributed by atoms with Crippen LogP contribution < -0.4 is 0 Å². The highest BCUT2D eigenvalue weighted by molar-refractivity contribution is 5.92. The summed E-state index contributed by atoms with van der Waals surface area (Å²) in [6, 6.07) is 0. The molecule has 0 atom stereocenters. The van der Waals surface area contributed by atoms with Gasteiger partial charge in [-0.05, 0) is 26.3 Å². The molecular formula is C10H16FNO. The lowest BCUT2D eigenvalue weighted by molar-refractivity contribution is 0.387. The molecule has 13 heavy (non-hydrogen) atoms. The van der Waals surface area contributed by atoms with Crippen molar-refractivity contribution in [3.05, 3.63) is 23.6 Å². The Kier molecular flexibility index (Phi) is 5.04. The van der Waals surface area contributed by atoms with Gasteiger partial charge in [-0.15, -0.1) is 0 Å². The predicted molar refractivity (Wildman–Crippen MR) is 53.6 cm³/mol. The highest BCUT2D eigenvalue weighted by Gasteiger charge is 2.10. The molecule has 0 heterocycles. The first-order chi connectivity index (χ1) is 6.04. The molecule has 0 fully saturated rings. The fourth-order valence-corrected chi connectivity index (χ4v) is 0.715. The molecule has 0 aliphatic heterocycles. The van der Waals surface area contributed by atoms with Crippen LogP contribution in [0.2, 0.25) is 0 Å². The van der Waals surface area contributed by atoms with Gasteiger partial charge in [0.2, 0.25) is 5.90 Å². The fourth-order valence-electron chi connectivity index (χ4n) is 0.715. The van der Waals surface area contributed by atoms with E-state index in [0.29, 0.717) is 17.7 Å². The molecule has 2 nitrogen and oxygen atoms in total. The number of aliphatic imine (C=N–C) groups is 1. The third-order valence-electron chi connectivity index (χ3n) is 1.65. The number of methoxy groups -OCH3 is 1. The van der Waals surface area contributed by atoms with Gasteiger partial charge < -0.3 is 4.74 Å². The van der Waals surface area contributed by atoms with E-state index in [4.69, 9.17) is 4.74 Å². The molecule has 0 aromatic heterocycles. The molecule has 0 aliphatic carbocycles. The topological polar surface area (TPSA) is 21.6 Å². The molecule has 3 heteroatoms. The minimum absolute atomic E-state index is 0.0444. The molecule has 0 unspecified atom stereocenters. The minimum atomic E-state index is -0.433. The maximum Gasteiger partial charge on any atom is 0.245 e. The number of ether oxygens (including phenoxy) is 1. The van der Waals surface area contributed by atoms with E-state index in [2.05, 4.69) is 11.6 Å². The van der Waals surface area contributed by atoms with Crippen molar-refractivity contribution in [1.29, 1.82) is 0 Å². The zero-order valence-electron chi connectivity index (χ0n) is 8.65. The Morgan fingerprint density at radius 1 is 1.46 bits per heavy atom. The lowest BCUT2D eigenvalue weighted by atomic mass is 10.1.